The highest BCUT2D eigenvalue weighted by atomic mass is 79.9. The summed E-state index contributed by atoms with van der Waals surface area (Å²) in [6.07, 6.45) is -0.788. The van der Waals surface area contributed by atoms with Crippen LogP contribution >= 0.6 is 15.9 Å². The number of rotatable bonds is 5. The van der Waals surface area contributed by atoms with Crippen molar-refractivity contribution in [2.24, 2.45) is 0 Å². The second-order valence-electron chi connectivity index (χ2n) is 5.93. The summed E-state index contributed by atoms with van der Waals surface area (Å²) in [5.74, 6) is -0.706. The quantitative estimate of drug-likeness (QED) is 0.668. The third kappa shape index (κ3) is 5.97. The van der Waals surface area contributed by atoms with Crippen molar-refractivity contribution in [3.8, 4) is 5.75 Å². The molecule has 0 radical (unpaired) electrons. The van der Waals surface area contributed by atoms with E-state index in [9.17, 15) is 14.7 Å². The lowest BCUT2D eigenvalue weighted by Gasteiger charge is -2.22. The van der Waals surface area contributed by atoms with Gasteiger partial charge in [0.2, 0.25) is 0 Å². The van der Waals surface area contributed by atoms with Crippen LogP contribution in [0, 0.1) is 0 Å². The highest BCUT2D eigenvalue weighted by Gasteiger charge is 2.25. The lowest BCUT2D eigenvalue weighted by Crippen LogP contribution is -2.44. The molecule has 1 amide bonds. The first-order valence-electron chi connectivity index (χ1n) is 6.87. The van der Waals surface area contributed by atoms with Crippen molar-refractivity contribution in [3.63, 3.8) is 0 Å². The number of nitrogen functional groups attached to an aromatic ring is 1. The smallest absolute Gasteiger partial charge is 0.408 e. The second-order valence-corrected chi connectivity index (χ2v) is 6.78. The minimum atomic E-state index is -1.18. The Morgan fingerprint density at radius 1 is 1.39 bits per heavy atom. The molecule has 0 heterocycles. The lowest BCUT2D eigenvalue weighted by atomic mass is 10.0. The van der Waals surface area contributed by atoms with Gasteiger partial charge < -0.3 is 25.6 Å². The number of carbonyl (C=O) groups excluding carboxylic acids is 1. The molecule has 23 heavy (non-hydrogen) atoms. The Bertz CT molecular complexity index is 598. The zero-order valence-corrected chi connectivity index (χ0v) is 15.1. The van der Waals surface area contributed by atoms with E-state index in [1.54, 1.807) is 32.9 Å². The maximum Gasteiger partial charge on any atom is 0.408 e. The Hall–Kier alpha value is -1.96. The number of carbonyl (C=O) groups is 2. The average Bonchev–Trinajstić information content (AvgIpc) is 2.39. The molecule has 0 unspecified atom stereocenters. The summed E-state index contributed by atoms with van der Waals surface area (Å²) in [6, 6.07) is 2.09. The van der Waals surface area contributed by atoms with Crippen molar-refractivity contribution >= 4 is 33.7 Å². The number of nitrogens with two attached hydrogens (primary N) is 1. The van der Waals surface area contributed by atoms with Gasteiger partial charge in [-0.15, -0.1) is 0 Å². The number of carboxylic acid groups (broad SMARTS) is 1. The van der Waals surface area contributed by atoms with Gasteiger partial charge in [0.25, 0.3) is 0 Å². The number of anilines is 1. The summed E-state index contributed by atoms with van der Waals surface area (Å²) in [5, 5.41) is 11.7. The van der Waals surface area contributed by atoms with Gasteiger partial charge in [0.1, 0.15) is 17.4 Å². The summed E-state index contributed by atoms with van der Waals surface area (Å²) in [5.41, 5.74) is 6.12. The van der Waals surface area contributed by atoms with E-state index in [-0.39, 0.29) is 6.42 Å². The summed E-state index contributed by atoms with van der Waals surface area (Å²) in [4.78, 5) is 23.2. The zero-order valence-electron chi connectivity index (χ0n) is 13.5. The predicted molar refractivity (Wildman–Crippen MR) is 89.6 cm³/mol. The number of ether oxygens (including phenoxy) is 2. The topological polar surface area (TPSA) is 111 Å². The fourth-order valence-electron chi connectivity index (χ4n) is 1.84. The van der Waals surface area contributed by atoms with Crippen LogP contribution in [0.15, 0.2) is 16.6 Å². The molecule has 1 atom stereocenters. The normalized spacial score (nSPS) is 12.4. The van der Waals surface area contributed by atoms with E-state index >= 15 is 0 Å². The molecule has 0 spiro atoms. The highest BCUT2D eigenvalue weighted by Crippen LogP contribution is 2.30. The monoisotopic (exact) mass is 388 g/mol. The molecular formula is C15H21BrN2O5. The predicted octanol–water partition coefficient (Wildman–Crippen LogP) is 2.56. The second kappa shape index (κ2) is 7.54. The van der Waals surface area contributed by atoms with Gasteiger partial charge in [0.15, 0.2) is 0 Å². The average molecular weight is 389 g/mol. The summed E-state index contributed by atoms with van der Waals surface area (Å²) >= 11 is 3.28. The molecule has 128 valence electrons. The molecule has 0 saturated carbocycles. The number of methoxy groups -OCH3 is 1. The standard InChI is InChI=1S/C15H21BrN2O5/c1-15(2,3)23-14(21)18-11(13(19)20)6-8-5-10(17)9(16)7-12(8)22-4/h5,7,11H,6,17H2,1-4H3,(H,18,21)(H,19,20)/t11-/m0/s1. The number of hydrogen-bond donors (Lipinski definition) is 3. The molecule has 0 aliphatic rings. The first-order chi connectivity index (χ1) is 10.5. The van der Waals surface area contributed by atoms with Crippen LogP contribution in [-0.2, 0) is 16.0 Å². The van der Waals surface area contributed by atoms with Gasteiger partial charge in [-0.25, -0.2) is 9.59 Å². The van der Waals surface area contributed by atoms with Crippen molar-refractivity contribution in [1.82, 2.24) is 5.32 Å². The first-order valence-corrected chi connectivity index (χ1v) is 7.67. The number of alkyl carbamates (subject to hydrolysis) is 1. The van der Waals surface area contributed by atoms with Crippen molar-refractivity contribution in [3.05, 3.63) is 22.2 Å². The van der Waals surface area contributed by atoms with Crippen LogP contribution in [0.1, 0.15) is 26.3 Å². The highest BCUT2D eigenvalue weighted by molar-refractivity contribution is 9.10. The van der Waals surface area contributed by atoms with E-state index in [4.69, 9.17) is 15.2 Å². The Morgan fingerprint density at radius 2 is 2.00 bits per heavy atom. The number of benzene rings is 1. The maximum absolute atomic E-state index is 11.8. The molecule has 0 bridgehead atoms. The fourth-order valence-corrected chi connectivity index (χ4v) is 2.16. The number of nitrogens with one attached hydrogen (secondary N) is 1. The number of aliphatic carboxylic acids is 1. The molecule has 0 aliphatic carbocycles. The van der Waals surface area contributed by atoms with Crippen LogP contribution in [0.4, 0.5) is 10.5 Å². The van der Waals surface area contributed by atoms with Crippen LogP contribution in [0.25, 0.3) is 0 Å². The molecule has 7 nitrogen and oxygen atoms in total. The van der Waals surface area contributed by atoms with E-state index < -0.39 is 23.7 Å². The minimum Gasteiger partial charge on any atom is -0.496 e. The zero-order chi connectivity index (χ0) is 17.8. The molecule has 8 heteroatoms. The molecule has 0 aromatic heterocycles. The Morgan fingerprint density at radius 3 is 2.48 bits per heavy atom. The van der Waals surface area contributed by atoms with Crippen LogP contribution in [-0.4, -0.2) is 35.9 Å². The van der Waals surface area contributed by atoms with Crippen molar-refractivity contribution < 1.29 is 24.2 Å². The third-order valence-electron chi connectivity index (χ3n) is 2.81. The molecular weight excluding hydrogens is 368 g/mol. The minimum absolute atomic E-state index is 0.00916. The van der Waals surface area contributed by atoms with Crippen LogP contribution < -0.4 is 15.8 Å². The van der Waals surface area contributed by atoms with Crippen molar-refractivity contribution in [1.29, 1.82) is 0 Å². The molecule has 0 saturated heterocycles. The summed E-state index contributed by atoms with van der Waals surface area (Å²) in [6.45, 7) is 5.09. The van der Waals surface area contributed by atoms with Gasteiger partial charge in [-0.1, -0.05) is 0 Å². The van der Waals surface area contributed by atoms with Gasteiger partial charge in [-0.05, 0) is 54.4 Å². The molecule has 1 rings (SSSR count). The summed E-state index contributed by atoms with van der Waals surface area (Å²) in [7, 11) is 1.47. The first kappa shape index (κ1) is 19.1. The van der Waals surface area contributed by atoms with Crippen LogP contribution in [0.3, 0.4) is 0 Å². The van der Waals surface area contributed by atoms with E-state index in [1.807, 2.05) is 0 Å². The van der Waals surface area contributed by atoms with E-state index in [2.05, 4.69) is 21.2 Å². The third-order valence-corrected chi connectivity index (χ3v) is 3.50. The van der Waals surface area contributed by atoms with Crippen LogP contribution in [0.5, 0.6) is 5.75 Å². The van der Waals surface area contributed by atoms with Gasteiger partial charge >= 0.3 is 12.1 Å². The Labute approximate surface area is 143 Å². The number of carboxylic acids is 1. The fraction of sp³-hybridized carbons (Fsp3) is 0.467. The van der Waals surface area contributed by atoms with Gasteiger partial charge in [-0.2, -0.15) is 0 Å². The van der Waals surface area contributed by atoms with E-state index in [1.165, 1.54) is 7.11 Å². The van der Waals surface area contributed by atoms with Gasteiger partial charge in [0, 0.05) is 16.6 Å². The Balaban J connectivity index is 2.95. The van der Waals surface area contributed by atoms with E-state index in [0.717, 1.165) is 0 Å². The SMILES string of the molecule is COc1cc(Br)c(N)cc1C[C@H](NC(=O)OC(C)(C)C)C(=O)O. The van der Waals surface area contributed by atoms with Crippen molar-refractivity contribution in [2.75, 3.05) is 12.8 Å². The number of halogens is 1. The Kier molecular flexibility index (Phi) is 6.26. The van der Waals surface area contributed by atoms with Crippen LogP contribution in [0.2, 0.25) is 0 Å². The molecule has 0 fully saturated rings. The molecule has 0 aliphatic heterocycles. The number of amides is 1. The molecule has 1 aromatic rings. The van der Waals surface area contributed by atoms with Gasteiger partial charge in [0.05, 0.1) is 7.11 Å². The lowest BCUT2D eigenvalue weighted by molar-refractivity contribution is -0.139. The van der Waals surface area contributed by atoms with E-state index in [0.29, 0.717) is 21.5 Å². The molecule has 4 N–H and O–H groups in total. The largest absolute Gasteiger partial charge is 0.496 e. The molecule has 1 aromatic carbocycles. The number of hydrogen-bond acceptors (Lipinski definition) is 5. The van der Waals surface area contributed by atoms with Gasteiger partial charge in [-0.3, -0.25) is 0 Å². The maximum atomic E-state index is 11.8. The summed E-state index contributed by atoms with van der Waals surface area (Å²) < 4.78 is 10.9. The van der Waals surface area contributed by atoms with Crippen molar-refractivity contribution in [2.45, 2.75) is 38.8 Å².